The zero-order valence-electron chi connectivity index (χ0n) is 23.9. The Morgan fingerprint density at radius 1 is 0.974 bits per heavy atom. The second kappa shape index (κ2) is 15.7. The van der Waals surface area contributed by atoms with Gasteiger partial charge in [-0.2, -0.15) is 0 Å². The van der Waals surface area contributed by atoms with Crippen molar-refractivity contribution in [3.05, 3.63) is 76.8 Å². The number of carbonyl (C=O) groups is 1. The molecule has 0 spiro atoms. The fraction of sp³-hybridized carbons (Fsp3) is 0.469. The van der Waals surface area contributed by atoms with Crippen molar-refractivity contribution in [2.24, 2.45) is 0 Å². The first-order valence-corrected chi connectivity index (χ1v) is 14.3. The molecule has 2 aromatic carbocycles. The molecular formula is C32H43N3O4. The van der Waals surface area contributed by atoms with Crippen molar-refractivity contribution in [2.45, 2.75) is 78.8 Å². The molecule has 0 aliphatic rings. The van der Waals surface area contributed by atoms with Crippen LogP contribution in [0.3, 0.4) is 0 Å². The van der Waals surface area contributed by atoms with Crippen molar-refractivity contribution in [1.82, 2.24) is 9.55 Å². The smallest absolute Gasteiger partial charge is 0.328 e. The molecule has 7 nitrogen and oxygen atoms in total. The molecule has 1 aromatic heterocycles. The van der Waals surface area contributed by atoms with Gasteiger partial charge in [0, 0.05) is 30.3 Å². The van der Waals surface area contributed by atoms with E-state index in [0.717, 1.165) is 36.5 Å². The minimum absolute atomic E-state index is 0.0813. The first kappa shape index (κ1) is 29.9. The summed E-state index contributed by atoms with van der Waals surface area (Å²) >= 11 is 0. The lowest BCUT2D eigenvalue weighted by atomic mass is 10.1. The molecule has 0 N–H and O–H groups in total. The molecule has 1 unspecified atom stereocenters. The minimum atomic E-state index is -0.367. The second-order valence-corrected chi connectivity index (χ2v) is 9.65. The summed E-state index contributed by atoms with van der Waals surface area (Å²) in [5, 5.41) is 0. The molecule has 3 aromatic rings. The summed E-state index contributed by atoms with van der Waals surface area (Å²) in [6.07, 6.45) is 6.46. The lowest BCUT2D eigenvalue weighted by molar-refractivity contribution is -0.144. The average Bonchev–Trinajstić information content (AvgIpc) is 2.96. The number of esters is 1. The zero-order valence-corrected chi connectivity index (χ0v) is 23.9. The third-order valence-electron chi connectivity index (χ3n) is 6.82. The summed E-state index contributed by atoms with van der Waals surface area (Å²) in [5.41, 5.74) is 2.50. The minimum Gasteiger partial charge on any atom is -0.492 e. The van der Waals surface area contributed by atoms with Crippen LogP contribution in [0.4, 0.5) is 5.69 Å². The number of benzene rings is 2. The van der Waals surface area contributed by atoms with Crippen LogP contribution in [0, 0.1) is 0 Å². The highest BCUT2D eigenvalue weighted by atomic mass is 16.5. The fourth-order valence-corrected chi connectivity index (χ4v) is 4.63. The van der Waals surface area contributed by atoms with Gasteiger partial charge in [-0.15, -0.1) is 0 Å². The highest BCUT2D eigenvalue weighted by Gasteiger charge is 2.22. The van der Waals surface area contributed by atoms with Gasteiger partial charge in [0.05, 0.1) is 18.8 Å². The number of ether oxygens (including phenoxy) is 2. The number of hydrogen-bond donors (Lipinski definition) is 0. The third-order valence-corrected chi connectivity index (χ3v) is 6.82. The second-order valence-electron chi connectivity index (χ2n) is 9.65. The SMILES string of the molecule is CCCCCCCN(c1ccc(OCCn2c(CC)nc(-c3ccccc3)cc2=O)cc1)C(C)C(=O)OCC. The van der Waals surface area contributed by atoms with Gasteiger partial charge in [0.1, 0.15) is 24.2 Å². The van der Waals surface area contributed by atoms with Crippen molar-refractivity contribution in [1.29, 1.82) is 0 Å². The molecular weight excluding hydrogens is 490 g/mol. The van der Waals surface area contributed by atoms with E-state index in [4.69, 9.17) is 14.5 Å². The molecule has 0 radical (unpaired) electrons. The Balaban J connectivity index is 1.64. The van der Waals surface area contributed by atoms with Crippen LogP contribution in [0.2, 0.25) is 0 Å². The van der Waals surface area contributed by atoms with Crippen molar-refractivity contribution in [3.63, 3.8) is 0 Å². The molecule has 0 amide bonds. The third kappa shape index (κ3) is 8.70. The van der Waals surface area contributed by atoms with Crippen LogP contribution < -0.4 is 15.2 Å². The Bertz CT molecular complexity index is 1210. The van der Waals surface area contributed by atoms with Gasteiger partial charge in [-0.1, -0.05) is 69.9 Å². The number of hydrogen-bond acceptors (Lipinski definition) is 6. The van der Waals surface area contributed by atoms with Crippen LogP contribution in [-0.2, 0) is 22.5 Å². The van der Waals surface area contributed by atoms with Gasteiger partial charge in [-0.25, -0.2) is 9.78 Å². The normalized spacial score (nSPS) is 11.7. The predicted octanol–water partition coefficient (Wildman–Crippen LogP) is 6.28. The van der Waals surface area contributed by atoms with Crippen molar-refractivity contribution < 1.29 is 14.3 Å². The van der Waals surface area contributed by atoms with E-state index < -0.39 is 0 Å². The molecule has 0 aliphatic carbocycles. The number of carbonyl (C=O) groups excluding carboxylic acids is 1. The Kier molecular flexibility index (Phi) is 12.1. The Hall–Kier alpha value is -3.61. The molecule has 1 atom stereocenters. The average molecular weight is 534 g/mol. The number of aryl methyl sites for hydroxylation is 1. The maximum absolute atomic E-state index is 12.9. The van der Waals surface area contributed by atoms with Gasteiger partial charge in [0.25, 0.3) is 5.56 Å². The van der Waals surface area contributed by atoms with Gasteiger partial charge < -0.3 is 14.4 Å². The van der Waals surface area contributed by atoms with Gasteiger partial charge in [0.2, 0.25) is 0 Å². The Labute approximate surface area is 232 Å². The molecule has 0 aliphatic heterocycles. The van der Waals surface area contributed by atoms with E-state index in [9.17, 15) is 9.59 Å². The van der Waals surface area contributed by atoms with E-state index in [2.05, 4.69) is 11.8 Å². The van der Waals surface area contributed by atoms with E-state index >= 15 is 0 Å². The van der Waals surface area contributed by atoms with Gasteiger partial charge >= 0.3 is 5.97 Å². The van der Waals surface area contributed by atoms with Crippen LogP contribution in [0.5, 0.6) is 5.75 Å². The molecule has 1 heterocycles. The summed E-state index contributed by atoms with van der Waals surface area (Å²) in [4.78, 5) is 32.2. The molecule has 0 saturated carbocycles. The molecule has 7 heteroatoms. The summed E-state index contributed by atoms with van der Waals surface area (Å²) in [7, 11) is 0. The molecule has 210 valence electrons. The quantitative estimate of drug-likeness (QED) is 0.159. The van der Waals surface area contributed by atoms with Gasteiger partial charge in [-0.3, -0.25) is 9.36 Å². The number of rotatable bonds is 16. The van der Waals surface area contributed by atoms with E-state index in [1.54, 1.807) is 10.6 Å². The number of aromatic nitrogens is 2. The largest absolute Gasteiger partial charge is 0.492 e. The van der Waals surface area contributed by atoms with Crippen LogP contribution in [-0.4, -0.2) is 41.3 Å². The Morgan fingerprint density at radius 3 is 2.36 bits per heavy atom. The first-order valence-electron chi connectivity index (χ1n) is 14.3. The number of nitrogens with zero attached hydrogens (tertiary/aromatic N) is 3. The van der Waals surface area contributed by atoms with Crippen LogP contribution in [0.25, 0.3) is 11.3 Å². The lowest BCUT2D eigenvalue weighted by Crippen LogP contribution is -2.41. The molecule has 39 heavy (non-hydrogen) atoms. The maximum atomic E-state index is 12.9. The summed E-state index contributed by atoms with van der Waals surface area (Å²) in [6, 6.07) is 18.8. The summed E-state index contributed by atoms with van der Waals surface area (Å²) < 4.78 is 13.0. The van der Waals surface area contributed by atoms with E-state index in [1.165, 1.54) is 19.3 Å². The Morgan fingerprint density at radius 2 is 1.69 bits per heavy atom. The van der Waals surface area contributed by atoms with Crippen molar-refractivity contribution in [3.8, 4) is 17.0 Å². The molecule has 0 bridgehead atoms. The maximum Gasteiger partial charge on any atom is 0.328 e. The van der Waals surface area contributed by atoms with Crippen LogP contribution in [0.1, 0.15) is 65.6 Å². The highest BCUT2D eigenvalue weighted by molar-refractivity contribution is 5.79. The van der Waals surface area contributed by atoms with E-state index in [-0.39, 0.29) is 17.6 Å². The van der Waals surface area contributed by atoms with Crippen LogP contribution >= 0.6 is 0 Å². The summed E-state index contributed by atoms with van der Waals surface area (Å²) in [6.45, 7) is 9.85. The topological polar surface area (TPSA) is 73.7 Å². The number of unbranched alkanes of at least 4 members (excludes halogenated alkanes) is 4. The standard InChI is InChI=1S/C32H43N3O4/c1-5-8-9-10-14-21-34(25(4)32(37)38-7-3)27-17-19-28(20-18-27)39-23-22-35-30(6-2)33-29(24-31(35)36)26-15-12-11-13-16-26/h11-13,15-20,24-25H,5-10,14,21-23H2,1-4H3. The first-order chi connectivity index (χ1) is 19.0. The predicted molar refractivity (Wildman–Crippen MR) is 157 cm³/mol. The van der Waals surface area contributed by atoms with Crippen LogP contribution in [0.15, 0.2) is 65.5 Å². The fourth-order valence-electron chi connectivity index (χ4n) is 4.63. The molecule has 3 rings (SSSR count). The van der Waals surface area contributed by atoms with E-state index in [0.29, 0.717) is 37.6 Å². The lowest BCUT2D eigenvalue weighted by Gasteiger charge is -2.30. The summed E-state index contributed by atoms with van der Waals surface area (Å²) in [5.74, 6) is 1.24. The van der Waals surface area contributed by atoms with Gasteiger partial charge in [0.15, 0.2) is 0 Å². The number of anilines is 1. The van der Waals surface area contributed by atoms with Crippen molar-refractivity contribution in [2.75, 3.05) is 24.7 Å². The van der Waals surface area contributed by atoms with Crippen molar-refractivity contribution >= 4 is 11.7 Å². The highest BCUT2D eigenvalue weighted by Crippen LogP contribution is 2.23. The van der Waals surface area contributed by atoms with E-state index in [1.807, 2.05) is 75.4 Å². The van der Waals surface area contributed by atoms with Gasteiger partial charge in [-0.05, 0) is 44.5 Å². The molecule has 0 fully saturated rings. The molecule has 0 saturated heterocycles. The monoisotopic (exact) mass is 533 g/mol. The zero-order chi connectivity index (χ0) is 28.0.